The van der Waals surface area contributed by atoms with Crippen LogP contribution >= 0.6 is 0 Å². The standard InChI is InChI=1S/C25H28N2O3S/c1-17-10-14-22(15-11-17)31(29,30)27-25(28)20-12-13-21(16-20)26-18(2)23-9-5-7-19-6-3-4-8-24(19)23/h3-11,14-15,18,20-21,26H,12-13,16H2,1-2H3,(H,27,28)/t18-,20?,21?/m1/s1. The smallest absolute Gasteiger partial charge is 0.264 e. The lowest BCUT2D eigenvalue weighted by Crippen LogP contribution is -2.36. The van der Waals surface area contributed by atoms with E-state index in [-0.39, 0.29) is 22.9 Å². The number of aryl methyl sites for hydroxylation is 1. The van der Waals surface area contributed by atoms with Crippen LogP contribution in [0.5, 0.6) is 0 Å². The summed E-state index contributed by atoms with van der Waals surface area (Å²) in [5.41, 5.74) is 2.20. The molecule has 1 saturated carbocycles. The number of sulfonamides is 1. The third-order valence-corrected chi connectivity index (χ3v) is 7.51. The predicted molar refractivity (Wildman–Crippen MR) is 123 cm³/mol. The highest BCUT2D eigenvalue weighted by molar-refractivity contribution is 7.90. The van der Waals surface area contributed by atoms with Crippen molar-refractivity contribution in [3.05, 3.63) is 77.9 Å². The number of hydrogen-bond acceptors (Lipinski definition) is 4. The second-order valence-electron chi connectivity index (χ2n) is 8.45. The highest BCUT2D eigenvalue weighted by Gasteiger charge is 2.33. The number of rotatable bonds is 6. The van der Waals surface area contributed by atoms with Crippen molar-refractivity contribution in [2.24, 2.45) is 5.92 Å². The molecule has 2 unspecified atom stereocenters. The van der Waals surface area contributed by atoms with E-state index < -0.39 is 15.9 Å². The van der Waals surface area contributed by atoms with Gasteiger partial charge in [-0.1, -0.05) is 60.2 Å². The number of carbonyl (C=O) groups excluding carboxylic acids is 1. The van der Waals surface area contributed by atoms with Crippen LogP contribution in [0.4, 0.5) is 0 Å². The average Bonchev–Trinajstić information content (AvgIpc) is 3.22. The van der Waals surface area contributed by atoms with Crippen LogP contribution in [0.15, 0.2) is 71.6 Å². The summed E-state index contributed by atoms with van der Waals surface area (Å²) in [7, 11) is -3.84. The third-order valence-electron chi connectivity index (χ3n) is 6.15. The monoisotopic (exact) mass is 436 g/mol. The van der Waals surface area contributed by atoms with Gasteiger partial charge in [-0.3, -0.25) is 4.79 Å². The zero-order chi connectivity index (χ0) is 22.0. The van der Waals surface area contributed by atoms with Crippen molar-refractivity contribution in [1.82, 2.24) is 10.0 Å². The van der Waals surface area contributed by atoms with Gasteiger partial charge in [0.25, 0.3) is 10.0 Å². The molecule has 3 aromatic rings. The minimum absolute atomic E-state index is 0.115. The summed E-state index contributed by atoms with van der Waals surface area (Å²) in [6.45, 7) is 4.02. The molecular formula is C25H28N2O3S. The molecule has 5 nitrogen and oxygen atoms in total. The molecule has 4 rings (SSSR count). The summed E-state index contributed by atoms with van der Waals surface area (Å²) >= 11 is 0. The molecule has 0 radical (unpaired) electrons. The summed E-state index contributed by atoms with van der Waals surface area (Å²) < 4.78 is 27.3. The maximum Gasteiger partial charge on any atom is 0.264 e. The van der Waals surface area contributed by atoms with Crippen molar-refractivity contribution in [2.45, 2.75) is 50.1 Å². The van der Waals surface area contributed by atoms with E-state index >= 15 is 0 Å². The zero-order valence-corrected chi connectivity index (χ0v) is 18.7. The molecule has 1 aliphatic carbocycles. The normalized spacial score (nSPS) is 19.9. The first kappa shape index (κ1) is 21.5. The Balaban J connectivity index is 1.38. The Hall–Kier alpha value is -2.70. The SMILES string of the molecule is Cc1ccc(S(=O)(=O)NC(=O)C2CCC(N[C@H](C)c3cccc4ccccc34)C2)cc1. The fourth-order valence-corrected chi connectivity index (χ4v) is 5.48. The first-order chi connectivity index (χ1) is 14.8. The molecule has 3 atom stereocenters. The van der Waals surface area contributed by atoms with Crippen molar-refractivity contribution in [2.75, 3.05) is 0 Å². The van der Waals surface area contributed by atoms with Gasteiger partial charge < -0.3 is 5.32 Å². The van der Waals surface area contributed by atoms with E-state index in [1.807, 2.05) is 19.1 Å². The van der Waals surface area contributed by atoms with Crippen LogP contribution in [-0.2, 0) is 14.8 Å². The first-order valence-electron chi connectivity index (χ1n) is 10.7. The molecule has 3 aromatic carbocycles. The molecule has 6 heteroatoms. The number of benzene rings is 3. The summed E-state index contributed by atoms with van der Waals surface area (Å²) in [5.74, 6) is -0.722. The largest absolute Gasteiger partial charge is 0.307 e. The van der Waals surface area contributed by atoms with Crippen molar-refractivity contribution in [3.8, 4) is 0 Å². The van der Waals surface area contributed by atoms with Crippen molar-refractivity contribution < 1.29 is 13.2 Å². The van der Waals surface area contributed by atoms with Gasteiger partial charge in [-0.25, -0.2) is 13.1 Å². The van der Waals surface area contributed by atoms with Gasteiger partial charge in [0.1, 0.15) is 0 Å². The molecule has 1 amide bonds. The van der Waals surface area contributed by atoms with Crippen LogP contribution < -0.4 is 10.0 Å². The van der Waals surface area contributed by atoms with E-state index in [0.29, 0.717) is 12.8 Å². The Morgan fingerprint density at radius 3 is 2.45 bits per heavy atom. The third kappa shape index (κ3) is 4.81. The molecule has 0 aromatic heterocycles. The Kier molecular flexibility index (Phi) is 6.12. The summed E-state index contributed by atoms with van der Waals surface area (Å²) in [4.78, 5) is 12.8. The lowest BCUT2D eigenvalue weighted by molar-refractivity contribution is -0.123. The van der Waals surface area contributed by atoms with Gasteiger partial charge in [-0.2, -0.15) is 0 Å². The molecule has 0 saturated heterocycles. The molecule has 162 valence electrons. The van der Waals surface area contributed by atoms with Crippen molar-refractivity contribution in [1.29, 1.82) is 0 Å². The Labute approximate surface area is 183 Å². The van der Waals surface area contributed by atoms with Gasteiger partial charge in [-0.15, -0.1) is 0 Å². The minimum atomic E-state index is -3.84. The average molecular weight is 437 g/mol. The van der Waals surface area contributed by atoms with Gasteiger partial charge >= 0.3 is 0 Å². The fraction of sp³-hybridized carbons (Fsp3) is 0.320. The number of amides is 1. The second-order valence-corrected chi connectivity index (χ2v) is 10.1. The highest BCUT2D eigenvalue weighted by Crippen LogP contribution is 2.30. The van der Waals surface area contributed by atoms with Gasteiger partial charge in [0.15, 0.2) is 0 Å². The van der Waals surface area contributed by atoms with Gasteiger partial charge in [0.05, 0.1) is 4.90 Å². The quantitative estimate of drug-likeness (QED) is 0.598. The van der Waals surface area contributed by atoms with Crippen molar-refractivity contribution in [3.63, 3.8) is 0 Å². The molecular weight excluding hydrogens is 408 g/mol. The van der Waals surface area contributed by atoms with Crippen LogP contribution in [0.1, 0.15) is 43.4 Å². The van der Waals surface area contributed by atoms with Gasteiger partial charge in [0, 0.05) is 18.0 Å². The Morgan fingerprint density at radius 2 is 1.68 bits per heavy atom. The van der Waals surface area contributed by atoms with Gasteiger partial charge in [0.2, 0.25) is 5.91 Å². The van der Waals surface area contributed by atoms with Crippen molar-refractivity contribution >= 4 is 26.7 Å². The highest BCUT2D eigenvalue weighted by atomic mass is 32.2. The van der Waals surface area contributed by atoms with Crippen LogP contribution in [-0.4, -0.2) is 20.4 Å². The molecule has 0 heterocycles. The molecule has 2 N–H and O–H groups in total. The number of carbonyl (C=O) groups is 1. The van der Waals surface area contributed by atoms with Crippen LogP contribution in [0, 0.1) is 12.8 Å². The number of fused-ring (bicyclic) bond motifs is 1. The lowest BCUT2D eigenvalue weighted by atomic mass is 9.99. The van der Waals surface area contributed by atoms with Crippen LogP contribution in [0.25, 0.3) is 10.8 Å². The van der Waals surface area contributed by atoms with Crippen LogP contribution in [0.3, 0.4) is 0 Å². The zero-order valence-electron chi connectivity index (χ0n) is 17.8. The van der Waals surface area contributed by atoms with E-state index in [1.165, 1.54) is 28.5 Å². The van der Waals surface area contributed by atoms with E-state index in [4.69, 9.17) is 0 Å². The molecule has 0 aliphatic heterocycles. The molecule has 0 bridgehead atoms. The Morgan fingerprint density at radius 1 is 0.968 bits per heavy atom. The molecule has 0 spiro atoms. The topological polar surface area (TPSA) is 75.3 Å². The lowest BCUT2D eigenvalue weighted by Gasteiger charge is -2.21. The summed E-state index contributed by atoms with van der Waals surface area (Å²) in [6.07, 6.45) is 2.15. The predicted octanol–water partition coefficient (Wildman–Crippen LogP) is 4.47. The molecule has 1 aliphatic rings. The van der Waals surface area contributed by atoms with Gasteiger partial charge in [-0.05, 0) is 61.6 Å². The number of nitrogens with one attached hydrogen (secondary N) is 2. The molecule has 1 fully saturated rings. The summed E-state index contributed by atoms with van der Waals surface area (Å²) in [6, 6.07) is 21.4. The van der Waals surface area contributed by atoms with Crippen LogP contribution in [0.2, 0.25) is 0 Å². The minimum Gasteiger partial charge on any atom is -0.307 e. The first-order valence-corrected chi connectivity index (χ1v) is 12.2. The number of hydrogen-bond donors (Lipinski definition) is 2. The fourth-order valence-electron chi connectivity index (χ4n) is 4.43. The Bertz CT molecular complexity index is 1180. The van der Waals surface area contributed by atoms with E-state index in [2.05, 4.69) is 47.3 Å². The van der Waals surface area contributed by atoms with E-state index in [0.717, 1.165) is 12.0 Å². The maximum absolute atomic E-state index is 12.7. The molecule has 31 heavy (non-hydrogen) atoms. The maximum atomic E-state index is 12.7. The summed E-state index contributed by atoms with van der Waals surface area (Å²) in [5, 5.41) is 6.07. The second kappa shape index (κ2) is 8.81. The van der Waals surface area contributed by atoms with E-state index in [9.17, 15) is 13.2 Å². The van der Waals surface area contributed by atoms with E-state index in [1.54, 1.807) is 12.1 Å².